The summed E-state index contributed by atoms with van der Waals surface area (Å²) in [5.41, 5.74) is 1.29. The molecule has 2 aromatic carbocycles. The van der Waals surface area contributed by atoms with Crippen LogP contribution in [0.25, 0.3) is 10.9 Å². The fourth-order valence-corrected chi connectivity index (χ4v) is 2.21. The van der Waals surface area contributed by atoms with Crippen LogP contribution in [0.2, 0.25) is 0 Å². The third-order valence-electron chi connectivity index (χ3n) is 2.77. The van der Waals surface area contributed by atoms with Crippen LogP contribution in [0.4, 0.5) is 0 Å². The highest BCUT2D eigenvalue weighted by molar-refractivity contribution is 7.98. The molecule has 0 aliphatic carbocycles. The summed E-state index contributed by atoms with van der Waals surface area (Å²) in [6, 6.07) is 20.8. The highest BCUT2D eigenvalue weighted by Crippen LogP contribution is 2.12. The van der Waals surface area contributed by atoms with E-state index in [1.165, 1.54) is 15.8 Å². The van der Waals surface area contributed by atoms with Crippen LogP contribution < -0.4 is 0 Å². The molecular formula is C24H41NS. The molecule has 0 saturated carbocycles. The highest BCUT2D eigenvalue weighted by Gasteiger charge is 1.92. The van der Waals surface area contributed by atoms with Gasteiger partial charge in [-0.1, -0.05) is 91.8 Å². The molecule has 0 unspecified atom stereocenters. The molecule has 0 atom stereocenters. The molecule has 0 N–H and O–H groups in total. The Labute approximate surface area is 167 Å². The summed E-state index contributed by atoms with van der Waals surface area (Å²) in [5, 5.41) is 1.31. The molecule has 0 saturated heterocycles. The fraction of sp³-hybridized carbons (Fsp3) is 0.417. The first-order valence-electron chi connectivity index (χ1n) is 9.90. The van der Waals surface area contributed by atoms with Gasteiger partial charge in [0.1, 0.15) is 0 Å². The topological polar surface area (TPSA) is 4.93 Å². The smallest absolute Gasteiger partial charge is 0.0477 e. The maximum Gasteiger partial charge on any atom is 0.0477 e. The average Bonchev–Trinajstić information content (AvgIpc) is 3.16. The van der Waals surface area contributed by atoms with Gasteiger partial charge < -0.3 is 4.57 Å². The minimum atomic E-state index is 1.29. The summed E-state index contributed by atoms with van der Waals surface area (Å²) >= 11 is 1.77. The number of nitrogens with zero attached hydrogens (tertiary/aromatic N) is 1. The van der Waals surface area contributed by atoms with E-state index in [-0.39, 0.29) is 0 Å². The van der Waals surface area contributed by atoms with Crippen molar-refractivity contribution >= 4 is 22.7 Å². The second kappa shape index (κ2) is 23.3. The number of hydrogen-bond acceptors (Lipinski definition) is 1. The first-order chi connectivity index (χ1) is 12.8. The predicted molar refractivity (Wildman–Crippen MR) is 127 cm³/mol. The molecule has 148 valence electrons. The molecule has 26 heavy (non-hydrogen) atoms. The summed E-state index contributed by atoms with van der Waals surface area (Å²) in [7, 11) is 2.06. The van der Waals surface area contributed by atoms with Crippen LogP contribution in [0.3, 0.4) is 0 Å². The van der Waals surface area contributed by atoms with Crippen LogP contribution in [-0.4, -0.2) is 10.8 Å². The van der Waals surface area contributed by atoms with Crippen molar-refractivity contribution < 1.29 is 0 Å². The second-order valence-electron chi connectivity index (χ2n) is 4.00. The molecule has 0 fully saturated rings. The van der Waals surface area contributed by atoms with Crippen molar-refractivity contribution in [2.45, 2.75) is 60.3 Å². The van der Waals surface area contributed by atoms with Gasteiger partial charge in [0.05, 0.1) is 0 Å². The normalized spacial score (nSPS) is 7.77. The molecule has 1 aromatic heterocycles. The lowest BCUT2D eigenvalue weighted by atomic mass is 10.2. The number of aryl methyl sites for hydroxylation is 1. The Kier molecular flexibility index (Phi) is 26.1. The van der Waals surface area contributed by atoms with E-state index in [1.807, 2.05) is 73.6 Å². The van der Waals surface area contributed by atoms with Crippen molar-refractivity contribution in [3.63, 3.8) is 0 Å². The molecule has 0 aliphatic rings. The Morgan fingerprint density at radius 3 is 1.50 bits per heavy atom. The van der Waals surface area contributed by atoms with Crippen molar-refractivity contribution in [3.05, 3.63) is 66.9 Å². The summed E-state index contributed by atoms with van der Waals surface area (Å²) in [6.45, 7) is 16.0. The zero-order valence-electron chi connectivity index (χ0n) is 18.7. The number of fused-ring (bicyclic) bond motifs is 1. The number of hydrogen-bond donors (Lipinski definition) is 0. The maximum absolute atomic E-state index is 2.12. The lowest BCUT2D eigenvalue weighted by Gasteiger charge is -1.92. The Hall–Kier alpha value is -1.67. The minimum Gasteiger partial charge on any atom is -0.351 e. The van der Waals surface area contributed by atoms with Crippen molar-refractivity contribution in [1.29, 1.82) is 0 Å². The summed E-state index contributed by atoms with van der Waals surface area (Å²) in [4.78, 5) is 1.33. The van der Waals surface area contributed by atoms with E-state index in [2.05, 4.69) is 66.5 Å². The number of thioether (sulfide) groups is 1. The van der Waals surface area contributed by atoms with Crippen molar-refractivity contribution in [2.24, 2.45) is 7.05 Å². The van der Waals surface area contributed by atoms with Gasteiger partial charge in [0.15, 0.2) is 0 Å². The third-order valence-corrected chi connectivity index (χ3v) is 3.52. The van der Waals surface area contributed by atoms with Crippen LogP contribution >= 0.6 is 11.8 Å². The SMILES string of the molecule is CC.CC.CC.CC.CSc1ccccc1.Cn1ccc2ccccc21. The molecular weight excluding hydrogens is 334 g/mol. The molecule has 3 rings (SSSR count). The molecule has 3 aromatic rings. The van der Waals surface area contributed by atoms with E-state index in [9.17, 15) is 0 Å². The largest absolute Gasteiger partial charge is 0.351 e. The maximum atomic E-state index is 2.12. The molecule has 1 nitrogen and oxygen atoms in total. The van der Waals surface area contributed by atoms with Gasteiger partial charge in [-0.2, -0.15) is 0 Å². The molecule has 2 heteroatoms. The lowest BCUT2D eigenvalue weighted by Crippen LogP contribution is -1.81. The lowest BCUT2D eigenvalue weighted by molar-refractivity contribution is 0.969. The standard InChI is InChI=1S/C9H9N.C7H8S.4C2H6/c1-10-7-6-8-4-2-3-5-9(8)10;1-8-7-5-3-2-4-6-7;4*1-2/h2-7H,1H3;2-6H,1H3;4*1-2H3. The Morgan fingerprint density at radius 2 is 1.08 bits per heavy atom. The Balaban J connectivity index is -0.000000299. The van der Waals surface area contributed by atoms with Gasteiger partial charge in [-0.3, -0.25) is 0 Å². The Bertz CT molecular complexity index is 600. The zero-order chi connectivity index (χ0) is 20.8. The summed E-state index contributed by atoms with van der Waals surface area (Å²) in [6.07, 6.45) is 4.15. The first kappa shape index (κ1) is 29.1. The minimum absolute atomic E-state index is 1.29. The van der Waals surface area contributed by atoms with E-state index in [0.29, 0.717) is 0 Å². The van der Waals surface area contributed by atoms with Gasteiger partial charge in [0, 0.05) is 23.7 Å². The molecule has 0 amide bonds. The highest BCUT2D eigenvalue weighted by atomic mass is 32.2. The number of aromatic nitrogens is 1. The Morgan fingerprint density at radius 1 is 0.615 bits per heavy atom. The number of benzene rings is 2. The van der Waals surface area contributed by atoms with Crippen LogP contribution in [0, 0.1) is 0 Å². The van der Waals surface area contributed by atoms with Gasteiger partial charge in [-0.05, 0) is 35.9 Å². The van der Waals surface area contributed by atoms with Crippen LogP contribution in [-0.2, 0) is 7.05 Å². The van der Waals surface area contributed by atoms with Crippen LogP contribution in [0.15, 0.2) is 71.8 Å². The number of para-hydroxylation sites is 1. The van der Waals surface area contributed by atoms with E-state index >= 15 is 0 Å². The number of rotatable bonds is 1. The monoisotopic (exact) mass is 375 g/mol. The second-order valence-corrected chi connectivity index (χ2v) is 4.88. The fourth-order valence-electron chi connectivity index (χ4n) is 1.78. The van der Waals surface area contributed by atoms with Gasteiger partial charge in [-0.15, -0.1) is 11.8 Å². The average molecular weight is 376 g/mol. The summed E-state index contributed by atoms with van der Waals surface area (Å²) < 4.78 is 2.12. The van der Waals surface area contributed by atoms with Gasteiger partial charge in [0.25, 0.3) is 0 Å². The molecule has 1 heterocycles. The summed E-state index contributed by atoms with van der Waals surface area (Å²) in [5.74, 6) is 0. The molecule has 0 aliphatic heterocycles. The van der Waals surface area contributed by atoms with Gasteiger partial charge in [-0.25, -0.2) is 0 Å². The molecule has 0 spiro atoms. The first-order valence-corrected chi connectivity index (χ1v) is 11.1. The molecule has 0 radical (unpaired) electrons. The quantitative estimate of drug-likeness (QED) is 0.385. The van der Waals surface area contributed by atoms with E-state index in [1.54, 1.807) is 11.8 Å². The van der Waals surface area contributed by atoms with Crippen molar-refractivity contribution in [2.75, 3.05) is 6.26 Å². The van der Waals surface area contributed by atoms with Crippen LogP contribution in [0.1, 0.15) is 55.4 Å². The van der Waals surface area contributed by atoms with Crippen molar-refractivity contribution in [3.8, 4) is 0 Å². The van der Waals surface area contributed by atoms with E-state index < -0.39 is 0 Å². The van der Waals surface area contributed by atoms with E-state index in [0.717, 1.165) is 0 Å². The third kappa shape index (κ3) is 12.7. The van der Waals surface area contributed by atoms with Crippen molar-refractivity contribution in [1.82, 2.24) is 4.57 Å². The van der Waals surface area contributed by atoms with Gasteiger partial charge >= 0.3 is 0 Å². The molecule has 0 bridgehead atoms. The predicted octanol–water partition coefficient (Wildman–Crippen LogP) is 8.69. The van der Waals surface area contributed by atoms with Crippen LogP contribution in [0.5, 0.6) is 0 Å². The van der Waals surface area contributed by atoms with E-state index in [4.69, 9.17) is 0 Å². The zero-order valence-corrected chi connectivity index (χ0v) is 19.5. The van der Waals surface area contributed by atoms with Gasteiger partial charge in [0.2, 0.25) is 0 Å².